The molecule has 23 heavy (non-hydrogen) atoms. The summed E-state index contributed by atoms with van der Waals surface area (Å²) in [6.45, 7) is 4.05. The molecule has 0 radical (unpaired) electrons. The van der Waals surface area contributed by atoms with Gasteiger partial charge in [0.25, 0.3) is 5.91 Å². The molecule has 0 spiro atoms. The molecule has 1 aliphatic rings. The molecule has 0 saturated carbocycles. The van der Waals surface area contributed by atoms with Crippen LogP contribution in [0, 0.1) is 0 Å². The number of urea groups is 1. The third-order valence-electron chi connectivity index (χ3n) is 3.75. The summed E-state index contributed by atoms with van der Waals surface area (Å²) < 4.78 is 0.878. The SMILES string of the molecule is CCCCCNC(=O)CN1C(=O)NC(C)(c2ccc(Br)s2)C1=O. The molecule has 8 heteroatoms. The average molecular weight is 402 g/mol. The minimum absolute atomic E-state index is 0.251. The maximum Gasteiger partial charge on any atom is 0.325 e. The number of carbonyl (C=O) groups excluding carboxylic acids is 3. The van der Waals surface area contributed by atoms with E-state index in [1.807, 2.05) is 6.07 Å². The van der Waals surface area contributed by atoms with Gasteiger partial charge in [-0.25, -0.2) is 4.79 Å². The molecule has 2 N–H and O–H groups in total. The highest BCUT2D eigenvalue weighted by atomic mass is 79.9. The summed E-state index contributed by atoms with van der Waals surface area (Å²) in [5, 5.41) is 5.43. The number of unbranched alkanes of at least 4 members (excludes halogenated alkanes) is 2. The van der Waals surface area contributed by atoms with E-state index >= 15 is 0 Å². The Bertz CT molecular complexity index is 619. The Hall–Kier alpha value is -1.41. The molecule has 1 aliphatic heterocycles. The zero-order chi connectivity index (χ0) is 17.0. The largest absolute Gasteiger partial charge is 0.355 e. The number of nitrogens with one attached hydrogen (secondary N) is 2. The molecule has 1 atom stereocenters. The standard InChI is InChI=1S/C15H20BrN3O3S/c1-3-4-5-8-17-12(20)9-19-13(21)15(2,18-14(19)22)10-6-7-11(16)23-10/h6-7H,3-5,8-9H2,1-2H3,(H,17,20)(H,18,22). The van der Waals surface area contributed by atoms with Gasteiger partial charge in [-0.2, -0.15) is 0 Å². The van der Waals surface area contributed by atoms with Gasteiger partial charge in [0.1, 0.15) is 6.54 Å². The van der Waals surface area contributed by atoms with Crippen LogP contribution in [0.4, 0.5) is 4.79 Å². The van der Waals surface area contributed by atoms with E-state index in [2.05, 4.69) is 33.5 Å². The van der Waals surface area contributed by atoms with E-state index in [1.54, 1.807) is 13.0 Å². The summed E-state index contributed by atoms with van der Waals surface area (Å²) in [6, 6.07) is 3.08. The van der Waals surface area contributed by atoms with E-state index in [0.29, 0.717) is 6.54 Å². The molecule has 0 aromatic carbocycles. The van der Waals surface area contributed by atoms with Gasteiger partial charge in [-0.15, -0.1) is 11.3 Å². The van der Waals surface area contributed by atoms with Crippen molar-refractivity contribution in [3.63, 3.8) is 0 Å². The fourth-order valence-electron chi connectivity index (χ4n) is 2.39. The molecular weight excluding hydrogens is 382 g/mol. The Labute approximate surface area is 147 Å². The highest BCUT2D eigenvalue weighted by Gasteiger charge is 2.50. The monoisotopic (exact) mass is 401 g/mol. The first-order valence-electron chi connectivity index (χ1n) is 7.55. The van der Waals surface area contributed by atoms with Crippen LogP contribution in [-0.2, 0) is 15.1 Å². The van der Waals surface area contributed by atoms with Gasteiger partial charge in [0.05, 0.1) is 3.79 Å². The van der Waals surface area contributed by atoms with Gasteiger partial charge in [0.15, 0.2) is 5.54 Å². The molecule has 1 aromatic heterocycles. The molecule has 6 nitrogen and oxygen atoms in total. The summed E-state index contributed by atoms with van der Waals surface area (Å²) in [5.41, 5.74) is -1.11. The second-order valence-corrected chi connectivity index (χ2v) is 8.07. The van der Waals surface area contributed by atoms with Crippen molar-refractivity contribution in [3.05, 3.63) is 20.8 Å². The Morgan fingerprint density at radius 3 is 2.74 bits per heavy atom. The van der Waals surface area contributed by atoms with Crippen LogP contribution < -0.4 is 10.6 Å². The van der Waals surface area contributed by atoms with E-state index in [0.717, 1.165) is 32.8 Å². The van der Waals surface area contributed by atoms with Crippen LogP contribution in [-0.4, -0.2) is 35.8 Å². The molecule has 4 amide bonds. The van der Waals surface area contributed by atoms with Gasteiger partial charge in [-0.05, 0) is 41.4 Å². The third kappa shape index (κ3) is 3.92. The summed E-state index contributed by atoms with van der Waals surface area (Å²) in [7, 11) is 0. The van der Waals surface area contributed by atoms with Crippen molar-refractivity contribution in [2.45, 2.75) is 38.6 Å². The van der Waals surface area contributed by atoms with Crippen LogP contribution in [0.25, 0.3) is 0 Å². The van der Waals surface area contributed by atoms with Crippen LogP contribution in [0.2, 0.25) is 0 Å². The number of imide groups is 1. The number of hydrogen-bond acceptors (Lipinski definition) is 4. The lowest BCUT2D eigenvalue weighted by atomic mass is 10.0. The topological polar surface area (TPSA) is 78.5 Å². The van der Waals surface area contributed by atoms with Crippen LogP contribution >= 0.6 is 27.3 Å². The van der Waals surface area contributed by atoms with Crippen molar-refractivity contribution in [2.75, 3.05) is 13.1 Å². The number of rotatable bonds is 7. The number of thiophene rings is 1. The molecule has 1 fully saturated rings. The lowest BCUT2D eigenvalue weighted by molar-refractivity contribution is -0.134. The smallest absolute Gasteiger partial charge is 0.325 e. The number of amides is 4. The maximum absolute atomic E-state index is 12.6. The zero-order valence-corrected chi connectivity index (χ0v) is 15.6. The van der Waals surface area contributed by atoms with Crippen molar-refractivity contribution in [1.29, 1.82) is 0 Å². The first-order valence-corrected chi connectivity index (χ1v) is 9.16. The van der Waals surface area contributed by atoms with Crippen LogP contribution in [0.5, 0.6) is 0 Å². The fraction of sp³-hybridized carbons (Fsp3) is 0.533. The summed E-state index contributed by atoms with van der Waals surface area (Å²) in [4.78, 5) is 38.3. The second kappa shape index (κ2) is 7.44. The van der Waals surface area contributed by atoms with Gasteiger partial charge < -0.3 is 10.6 Å². The van der Waals surface area contributed by atoms with E-state index in [-0.39, 0.29) is 12.5 Å². The summed E-state index contributed by atoms with van der Waals surface area (Å²) >= 11 is 4.74. The maximum atomic E-state index is 12.6. The van der Waals surface area contributed by atoms with E-state index in [9.17, 15) is 14.4 Å². The zero-order valence-electron chi connectivity index (χ0n) is 13.1. The average Bonchev–Trinajstić information content (AvgIpc) is 3.02. The summed E-state index contributed by atoms with van der Waals surface area (Å²) in [6.07, 6.45) is 3.00. The van der Waals surface area contributed by atoms with Crippen LogP contribution in [0.15, 0.2) is 15.9 Å². The van der Waals surface area contributed by atoms with Gasteiger partial charge >= 0.3 is 6.03 Å². The Kier molecular flexibility index (Phi) is 5.80. The van der Waals surface area contributed by atoms with Crippen molar-refractivity contribution < 1.29 is 14.4 Å². The molecule has 126 valence electrons. The Balaban J connectivity index is 2.00. The minimum atomic E-state index is -1.11. The number of nitrogens with zero attached hydrogens (tertiary/aromatic N) is 1. The fourth-order valence-corrected chi connectivity index (χ4v) is 3.87. The normalized spacial score (nSPS) is 20.7. The van der Waals surface area contributed by atoms with Crippen LogP contribution in [0.3, 0.4) is 0 Å². The van der Waals surface area contributed by atoms with Crippen molar-refractivity contribution >= 4 is 45.1 Å². The first-order chi connectivity index (χ1) is 10.9. The summed E-state index contributed by atoms with van der Waals surface area (Å²) in [5.74, 6) is -0.721. The lowest BCUT2D eigenvalue weighted by Gasteiger charge is -2.20. The van der Waals surface area contributed by atoms with Gasteiger partial charge in [0, 0.05) is 11.4 Å². The Morgan fingerprint density at radius 2 is 2.13 bits per heavy atom. The van der Waals surface area contributed by atoms with Crippen LogP contribution in [0.1, 0.15) is 38.0 Å². The first kappa shape index (κ1) is 17.9. The van der Waals surface area contributed by atoms with E-state index in [1.165, 1.54) is 11.3 Å². The minimum Gasteiger partial charge on any atom is -0.355 e. The highest BCUT2D eigenvalue weighted by Crippen LogP contribution is 2.35. The van der Waals surface area contributed by atoms with Gasteiger partial charge in [-0.3, -0.25) is 14.5 Å². The third-order valence-corrected chi connectivity index (χ3v) is 5.59. The molecule has 1 saturated heterocycles. The predicted molar refractivity (Wildman–Crippen MR) is 92.2 cm³/mol. The van der Waals surface area contributed by atoms with E-state index < -0.39 is 17.5 Å². The van der Waals surface area contributed by atoms with Crippen molar-refractivity contribution in [3.8, 4) is 0 Å². The van der Waals surface area contributed by atoms with Gasteiger partial charge in [-0.1, -0.05) is 19.8 Å². The van der Waals surface area contributed by atoms with E-state index in [4.69, 9.17) is 0 Å². The molecule has 0 bridgehead atoms. The lowest BCUT2D eigenvalue weighted by Crippen LogP contribution is -2.43. The Morgan fingerprint density at radius 1 is 1.39 bits per heavy atom. The number of hydrogen-bond donors (Lipinski definition) is 2. The van der Waals surface area contributed by atoms with Crippen molar-refractivity contribution in [1.82, 2.24) is 15.5 Å². The molecule has 0 aliphatic carbocycles. The molecule has 2 heterocycles. The molecule has 2 rings (SSSR count). The van der Waals surface area contributed by atoms with Crippen molar-refractivity contribution in [2.24, 2.45) is 0 Å². The number of halogens is 1. The highest BCUT2D eigenvalue weighted by molar-refractivity contribution is 9.11. The predicted octanol–water partition coefficient (Wildman–Crippen LogP) is 2.58. The second-order valence-electron chi connectivity index (χ2n) is 5.61. The molecule has 1 unspecified atom stereocenters. The molecular formula is C15H20BrN3O3S. The molecule has 1 aromatic rings. The quantitative estimate of drug-likeness (QED) is 0.544. The number of carbonyl (C=O) groups is 3. The van der Waals surface area contributed by atoms with Gasteiger partial charge in [0.2, 0.25) is 5.91 Å².